The molecule has 4 heteroatoms. The number of carboxylic acid groups (broad SMARTS) is 1. The number of ether oxygens (including phenoxy) is 1. The third-order valence-corrected chi connectivity index (χ3v) is 3.53. The molecule has 2 rings (SSSR count). The van der Waals surface area contributed by atoms with Gasteiger partial charge in [-0.1, -0.05) is 45.4 Å². The van der Waals surface area contributed by atoms with Gasteiger partial charge >= 0.3 is 5.97 Å². The Morgan fingerprint density at radius 1 is 1.24 bits per heavy atom. The van der Waals surface area contributed by atoms with Crippen molar-refractivity contribution in [2.45, 2.75) is 57.5 Å². The molecule has 1 saturated heterocycles. The first kappa shape index (κ1) is 14.5. The van der Waals surface area contributed by atoms with E-state index in [-0.39, 0.29) is 0 Å². The van der Waals surface area contributed by atoms with Crippen LogP contribution < -0.4 is 5.32 Å². The SMILES string of the molecule is C1CCCCC1.CCC1(C(=O)O)CNCCO1. The minimum Gasteiger partial charge on any atom is -0.479 e. The Morgan fingerprint density at radius 3 is 2.00 bits per heavy atom. The molecule has 2 fully saturated rings. The first-order chi connectivity index (χ1) is 8.21. The first-order valence-corrected chi connectivity index (χ1v) is 6.79. The summed E-state index contributed by atoms with van der Waals surface area (Å²) in [7, 11) is 0. The molecular weight excluding hydrogens is 218 g/mol. The zero-order valence-corrected chi connectivity index (χ0v) is 10.8. The van der Waals surface area contributed by atoms with Crippen molar-refractivity contribution in [2.24, 2.45) is 0 Å². The molecular formula is C13H25NO3. The largest absolute Gasteiger partial charge is 0.479 e. The van der Waals surface area contributed by atoms with E-state index in [0.29, 0.717) is 19.6 Å². The maximum absolute atomic E-state index is 10.7. The Labute approximate surface area is 104 Å². The van der Waals surface area contributed by atoms with Crippen molar-refractivity contribution in [1.82, 2.24) is 5.32 Å². The maximum Gasteiger partial charge on any atom is 0.337 e. The number of carboxylic acids is 1. The Morgan fingerprint density at radius 2 is 1.76 bits per heavy atom. The van der Waals surface area contributed by atoms with Gasteiger partial charge in [0.2, 0.25) is 0 Å². The topological polar surface area (TPSA) is 58.6 Å². The normalized spacial score (nSPS) is 29.0. The molecule has 100 valence electrons. The summed E-state index contributed by atoms with van der Waals surface area (Å²) in [6.45, 7) is 3.47. The highest BCUT2D eigenvalue weighted by atomic mass is 16.5. The Hall–Kier alpha value is -0.610. The summed E-state index contributed by atoms with van der Waals surface area (Å²) in [5, 5.41) is 11.8. The van der Waals surface area contributed by atoms with E-state index in [1.165, 1.54) is 38.5 Å². The Kier molecular flexibility index (Phi) is 6.52. The van der Waals surface area contributed by atoms with Gasteiger partial charge in [-0.05, 0) is 6.42 Å². The van der Waals surface area contributed by atoms with Gasteiger partial charge in [0.25, 0.3) is 0 Å². The van der Waals surface area contributed by atoms with Crippen LogP contribution in [0.3, 0.4) is 0 Å². The summed E-state index contributed by atoms with van der Waals surface area (Å²) < 4.78 is 5.21. The van der Waals surface area contributed by atoms with Gasteiger partial charge in [-0.3, -0.25) is 0 Å². The fourth-order valence-electron chi connectivity index (χ4n) is 2.24. The van der Waals surface area contributed by atoms with Crippen LogP contribution in [-0.4, -0.2) is 36.4 Å². The predicted octanol–water partition coefficient (Wildman–Crippen LogP) is 2.18. The van der Waals surface area contributed by atoms with Crippen LogP contribution in [0.2, 0.25) is 0 Å². The molecule has 1 saturated carbocycles. The van der Waals surface area contributed by atoms with Gasteiger partial charge in [0, 0.05) is 13.1 Å². The molecule has 0 bridgehead atoms. The van der Waals surface area contributed by atoms with Gasteiger partial charge in [0.15, 0.2) is 5.60 Å². The molecule has 1 heterocycles. The van der Waals surface area contributed by atoms with Crippen LogP contribution in [0.5, 0.6) is 0 Å². The summed E-state index contributed by atoms with van der Waals surface area (Å²) in [6, 6.07) is 0. The molecule has 0 aromatic rings. The lowest BCUT2D eigenvalue weighted by Gasteiger charge is -2.32. The number of carbonyl (C=O) groups is 1. The summed E-state index contributed by atoms with van der Waals surface area (Å²) in [5.41, 5.74) is -0.974. The van der Waals surface area contributed by atoms with Crippen molar-refractivity contribution in [3.05, 3.63) is 0 Å². The molecule has 1 aliphatic heterocycles. The number of aliphatic carboxylic acids is 1. The van der Waals surface area contributed by atoms with Crippen LogP contribution >= 0.6 is 0 Å². The third-order valence-electron chi connectivity index (χ3n) is 3.53. The summed E-state index contributed by atoms with van der Waals surface area (Å²) in [4.78, 5) is 10.7. The van der Waals surface area contributed by atoms with Crippen molar-refractivity contribution in [3.63, 3.8) is 0 Å². The molecule has 0 aromatic heterocycles. The average Bonchev–Trinajstić information content (AvgIpc) is 2.42. The van der Waals surface area contributed by atoms with E-state index in [1.807, 2.05) is 6.92 Å². The lowest BCUT2D eigenvalue weighted by Crippen LogP contribution is -2.54. The lowest BCUT2D eigenvalue weighted by atomic mass is 10.00. The predicted molar refractivity (Wildman–Crippen MR) is 67.2 cm³/mol. The second-order valence-corrected chi connectivity index (χ2v) is 4.80. The molecule has 17 heavy (non-hydrogen) atoms. The van der Waals surface area contributed by atoms with Crippen molar-refractivity contribution in [1.29, 1.82) is 0 Å². The smallest absolute Gasteiger partial charge is 0.337 e. The second kappa shape index (κ2) is 7.67. The minimum atomic E-state index is -0.974. The monoisotopic (exact) mass is 243 g/mol. The summed E-state index contributed by atoms with van der Waals surface area (Å²) >= 11 is 0. The van der Waals surface area contributed by atoms with E-state index in [1.54, 1.807) is 0 Å². The van der Waals surface area contributed by atoms with Gasteiger partial charge < -0.3 is 15.2 Å². The average molecular weight is 243 g/mol. The van der Waals surface area contributed by atoms with Crippen LogP contribution in [-0.2, 0) is 9.53 Å². The molecule has 1 unspecified atom stereocenters. The van der Waals surface area contributed by atoms with Crippen molar-refractivity contribution in [2.75, 3.05) is 19.7 Å². The molecule has 2 N–H and O–H groups in total. The van der Waals surface area contributed by atoms with E-state index >= 15 is 0 Å². The highest BCUT2D eigenvalue weighted by molar-refractivity contribution is 5.77. The van der Waals surface area contributed by atoms with Crippen LogP contribution in [0.25, 0.3) is 0 Å². The van der Waals surface area contributed by atoms with Crippen molar-refractivity contribution in [3.8, 4) is 0 Å². The quantitative estimate of drug-likeness (QED) is 0.780. The number of hydrogen-bond acceptors (Lipinski definition) is 3. The molecule has 0 spiro atoms. The third kappa shape index (κ3) is 4.64. The van der Waals surface area contributed by atoms with E-state index in [4.69, 9.17) is 9.84 Å². The first-order valence-electron chi connectivity index (χ1n) is 6.79. The zero-order chi connectivity index (χ0) is 12.6. The summed E-state index contributed by atoms with van der Waals surface area (Å²) in [6.07, 6.45) is 9.51. The number of hydrogen-bond donors (Lipinski definition) is 2. The highest BCUT2D eigenvalue weighted by Gasteiger charge is 2.39. The second-order valence-electron chi connectivity index (χ2n) is 4.80. The van der Waals surface area contributed by atoms with Gasteiger partial charge in [-0.15, -0.1) is 0 Å². The number of morpholine rings is 1. The standard InChI is InChI=1S/C7H13NO3.C6H12/c1-2-7(6(9)10)5-8-3-4-11-7;1-2-4-6-5-3-1/h8H,2-5H2,1H3,(H,9,10);1-6H2. The van der Waals surface area contributed by atoms with Crippen LogP contribution in [0, 0.1) is 0 Å². The zero-order valence-electron chi connectivity index (χ0n) is 10.8. The van der Waals surface area contributed by atoms with Gasteiger partial charge in [0.1, 0.15) is 0 Å². The summed E-state index contributed by atoms with van der Waals surface area (Å²) in [5.74, 6) is -0.868. The van der Waals surface area contributed by atoms with Gasteiger partial charge in [-0.25, -0.2) is 4.79 Å². The van der Waals surface area contributed by atoms with Crippen molar-refractivity contribution >= 4 is 5.97 Å². The van der Waals surface area contributed by atoms with Crippen molar-refractivity contribution < 1.29 is 14.6 Å². The fourth-order valence-corrected chi connectivity index (χ4v) is 2.24. The Balaban J connectivity index is 0.000000202. The lowest BCUT2D eigenvalue weighted by molar-refractivity contribution is -0.169. The minimum absolute atomic E-state index is 0.416. The molecule has 1 atom stereocenters. The van der Waals surface area contributed by atoms with E-state index < -0.39 is 11.6 Å². The molecule has 0 aromatic carbocycles. The number of nitrogens with one attached hydrogen (secondary N) is 1. The van der Waals surface area contributed by atoms with E-state index in [9.17, 15) is 4.79 Å². The van der Waals surface area contributed by atoms with E-state index in [2.05, 4.69) is 5.32 Å². The maximum atomic E-state index is 10.7. The molecule has 1 aliphatic carbocycles. The van der Waals surface area contributed by atoms with Crippen LogP contribution in [0.4, 0.5) is 0 Å². The molecule has 4 nitrogen and oxygen atoms in total. The molecule has 0 amide bonds. The molecule has 0 radical (unpaired) electrons. The number of rotatable bonds is 2. The Bertz CT molecular complexity index is 209. The van der Waals surface area contributed by atoms with Crippen LogP contribution in [0.1, 0.15) is 51.9 Å². The molecule has 2 aliphatic rings. The highest BCUT2D eigenvalue weighted by Crippen LogP contribution is 2.17. The van der Waals surface area contributed by atoms with E-state index in [0.717, 1.165) is 6.54 Å². The van der Waals surface area contributed by atoms with Gasteiger partial charge in [-0.2, -0.15) is 0 Å². The van der Waals surface area contributed by atoms with Crippen LogP contribution in [0.15, 0.2) is 0 Å². The fraction of sp³-hybridized carbons (Fsp3) is 0.923. The van der Waals surface area contributed by atoms with Gasteiger partial charge in [0.05, 0.1) is 6.61 Å².